The van der Waals surface area contributed by atoms with Crippen LogP contribution >= 0.6 is 7.82 Å². The second-order valence-corrected chi connectivity index (χ2v) is 4.65. The largest absolute Gasteiger partial charge is 0.472 e. The van der Waals surface area contributed by atoms with Gasteiger partial charge in [0, 0.05) is 0 Å². The van der Waals surface area contributed by atoms with Crippen LogP contribution in [0, 0.1) is 0 Å². The molecule has 0 amide bonds. The minimum Gasteiger partial charge on any atom is -0.391 e. The summed E-state index contributed by atoms with van der Waals surface area (Å²) in [7, 11) is -5.18. The molecule has 0 bridgehead atoms. The van der Waals surface area contributed by atoms with Crippen molar-refractivity contribution in [2.24, 2.45) is 0 Å². The fourth-order valence-electron chi connectivity index (χ4n) is 1.40. The summed E-state index contributed by atoms with van der Waals surface area (Å²) in [5.41, 5.74) is 0. The molecule has 1 aliphatic heterocycles. The summed E-state index contributed by atoms with van der Waals surface area (Å²) in [5, 5.41) is 46.0. The molecule has 1 fully saturated rings. The van der Waals surface area contributed by atoms with E-state index in [1.165, 1.54) is 0 Å². The molecule has 0 aromatic carbocycles. The van der Waals surface area contributed by atoms with Gasteiger partial charge in [0.25, 0.3) is 0 Å². The normalized spacial score (nSPS) is 43.7. The Kier molecular flexibility index (Phi) is 4.27. The van der Waals surface area contributed by atoms with E-state index >= 15 is 0 Å². The first-order chi connectivity index (χ1) is 7.63. The number of rotatable bonds is 3. The number of phosphoric acid groups is 1. The highest BCUT2D eigenvalue weighted by Crippen LogP contribution is 2.45. The van der Waals surface area contributed by atoms with Crippen LogP contribution in [0.25, 0.3) is 0 Å². The van der Waals surface area contributed by atoms with Crippen molar-refractivity contribution >= 4 is 7.82 Å². The van der Waals surface area contributed by atoms with Crippen LogP contribution in [0.1, 0.15) is 0 Å². The molecule has 17 heavy (non-hydrogen) atoms. The van der Waals surface area contributed by atoms with E-state index in [0.717, 1.165) is 0 Å². The summed E-state index contributed by atoms with van der Waals surface area (Å²) in [5.74, 6) is -2.73. The number of hydrogen-bond donors (Lipinski definition) is 7. The Morgan fingerprint density at radius 3 is 2.12 bits per heavy atom. The zero-order valence-electron chi connectivity index (χ0n) is 8.32. The van der Waals surface area contributed by atoms with Gasteiger partial charge in [-0.2, -0.15) is 0 Å². The number of hydrogen-bond acceptors (Lipinski definition) is 8. The predicted octanol–water partition coefficient (Wildman–Crippen LogP) is -3.78. The predicted molar refractivity (Wildman–Crippen MR) is 48.1 cm³/mol. The molecule has 0 spiro atoms. The summed E-state index contributed by atoms with van der Waals surface area (Å²) < 4.78 is 19.1. The van der Waals surface area contributed by atoms with Crippen LogP contribution in [0.5, 0.6) is 0 Å². The number of ether oxygens (including phenoxy) is 1. The molecule has 1 rings (SSSR count). The maximum atomic E-state index is 10.6. The van der Waals surface area contributed by atoms with Crippen LogP contribution in [0.3, 0.4) is 0 Å². The summed E-state index contributed by atoms with van der Waals surface area (Å²) in [6.45, 7) is -1.26. The minimum atomic E-state index is -5.18. The second-order valence-electron chi connectivity index (χ2n) is 3.49. The Morgan fingerprint density at radius 1 is 1.18 bits per heavy atom. The smallest absolute Gasteiger partial charge is 0.391 e. The zero-order chi connectivity index (χ0) is 13.4. The number of aliphatic hydroxyl groups excluding tert-OH is 5. The van der Waals surface area contributed by atoms with Gasteiger partial charge in [-0.25, -0.2) is 9.09 Å². The number of aliphatic hydroxyl groups is 5. The van der Waals surface area contributed by atoms with E-state index in [-0.39, 0.29) is 0 Å². The molecule has 0 aromatic heterocycles. The molecule has 5 atom stereocenters. The third-order valence-electron chi connectivity index (χ3n) is 2.23. The first-order valence-electron chi connectivity index (χ1n) is 4.40. The van der Waals surface area contributed by atoms with Crippen LogP contribution in [-0.4, -0.2) is 72.3 Å². The van der Waals surface area contributed by atoms with E-state index in [0.29, 0.717) is 0 Å². The molecule has 0 radical (unpaired) electrons. The SMILES string of the molecule is O=P(O)(O)O[C@@]1(CO)OC(O)[C@H](O)[C@H](O)[C@@H]1O. The molecule has 1 heterocycles. The van der Waals surface area contributed by atoms with Gasteiger partial charge in [-0.15, -0.1) is 0 Å². The van der Waals surface area contributed by atoms with Crippen LogP contribution in [0.2, 0.25) is 0 Å². The maximum absolute atomic E-state index is 10.6. The van der Waals surface area contributed by atoms with Crippen molar-refractivity contribution in [1.29, 1.82) is 0 Å². The molecule has 0 aliphatic carbocycles. The van der Waals surface area contributed by atoms with Crippen molar-refractivity contribution in [3.8, 4) is 0 Å². The molecule has 1 aliphatic rings. The van der Waals surface area contributed by atoms with Crippen molar-refractivity contribution in [2.45, 2.75) is 30.4 Å². The average molecular weight is 276 g/mol. The topological polar surface area (TPSA) is 177 Å². The van der Waals surface area contributed by atoms with Crippen LogP contribution < -0.4 is 0 Å². The lowest BCUT2D eigenvalue weighted by Crippen LogP contribution is -2.66. The van der Waals surface area contributed by atoms with Crippen molar-refractivity contribution < 1.29 is 49.1 Å². The standard InChI is InChI=1S/C6H13O10P/c7-1-6(16-17(12,13)14)4(10)2(8)3(9)5(11)15-6/h2-5,7-11H,1H2,(H2,12,13,14)/t2-,3+,4-,5?,6+/m0/s1. The van der Waals surface area contributed by atoms with Crippen molar-refractivity contribution in [3.63, 3.8) is 0 Å². The summed E-state index contributed by atoms with van der Waals surface area (Å²) in [6.07, 6.45) is -8.19. The van der Waals surface area contributed by atoms with Crippen molar-refractivity contribution in [2.75, 3.05) is 6.61 Å². The van der Waals surface area contributed by atoms with Crippen molar-refractivity contribution in [1.82, 2.24) is 0 Å². The molecule has 11 heteroatoms. The van der Waals surface area contributed by atoms with Crippen LogP contribution in [0.4, 0.5) is 0 Å². The van der Waals surface area contributed by atoms with Crippen molar-refractivity contribution in [3.05, 3.63) is 0 Å². The quantitative estimate of drug-likeness (QED) is 0.253. The molecule has 102 valence electrons. The van der Waals surface area contributed by atoms with E-state index in [4.69, 9.17) is 25.1 Å². The Hall–Kier alpha value is -0.130. The van der Waals surface area contributed by atoms with Gasteiger partial charge >= 0.3 is 7.82 Å². The van der Waals surface area contributed by atoms with E-state index in [9.17, 15) is 14.8 Å². The van der Waals surface area contributed by atoms with E-state index < -0.39 is 44.8 Å². The highest BCUT2D eigenvalue weighted by Gasteiger charge is 2.56. The third-order valence-corrected chi connectivity index (χ3v) is 2.78. The van der Waals surface area contributed by atoms with Crippen LogP contribution in [-0.2, 0) is 13.8 Å². The van der Waals surface area contributed by atoms with Crippen LogP contribution in [0.15, 0.2) is 0 Å². The molecular formula is C6H13O10P. The molecule has 0 aromatic rings. The van der Waals surface area contributed by atoms with E-state index in [1.807, 2.05) is 0 Å². The minimum absolute atomic E-state index is 1.26. The first kappa shape index (κ1) is 14.9. The monoisotopic (exact) mass is 276 g/mol. The van der Waals surface area contributed by atoms with Gasteiger partial charge in [-0.3, -0.25) is 0 Å². The highest BCUT2D eigenvalue weighted by molar-refractivity contribution is 7.46. The molecule has 10 nitrogen and oxygen atoms in total. The lowest BCUT2D eigenvalue weighted by atomic mass is 9.96. The fraction of sp³-hybridized carbons (Fsp3) is 1.00. The Labute approximate surface area is 94.9 Å². The van der Waals surface area contributed by atoms with Gasteiger partial charge in [0.15, 0.2) is 6.29 Å². The molecule has 1 saturated heterocycles. The lowest BCUT2D eigenvalue weighted by molar-refractivity contribution is -0.382. The molecule has 0 saturated carbocycles. The average Bonchev–Trinajstić information content (AvgIpc) is 2.21. The van der Waals surface area contributed by atoms with Gasteiger partial charge in [-0.05, 0) is 0 Å². The number of phosphoric ester groups is 1. The summed E-state index contributed by atoms with van der Waals surface area (Å²) >= 11 is 0. The molecular weight excluding hydrogens is 263 g/mol. The Balaban J connectivity index is 3.02. The zero-order valence-corrected chi connectivity index (χ0v) is 9.21. The first-order valence-corrected chi connectivity index (χ1v) is 5.93. The third kappa shape index (κ3) is 3.01. The fourth-order valence-corrected chi connectivity index (χ4v) is 2.01. The van der Waals surface area contributed by atoms with Gasteiger partial charge in [0.1, 0.15) is 24.9 Å². The molecule has 1 unspecified atom stereocenters. The van der Waals surface area contributed by atoms with E-state index in [1.54, 1.807) is 0 Å². The Bertz CT molecular complexity index is 316. The van der Waals surface area contributed by atoms with Gasteiger partial charge in [-0.1, -0.05) is 0 Å². The molecule has 7 N–H and O–H groups in total. The maximum Gasteiger partial charge on any atom is 0.472 e. The van der Waals surface area contributed by atoms with E-state index in [2.05, 4.69) is 9.26 Å². The summed E-state index contributed by atoms with van der Waals surface area (Å²) in [4.78, 5) is 17.2. The van der Waals surface area contributed by atoms with Gasteiger partial charge < -0.3 is 40.1 Å². The van der Waals surface area contributed by atoms with Gasteiger partial charge in [0.05, 0.1) is 0 Å². The van der Waals surface area contributed by atoms with Gasteiger partial charge in [0.2, 0.25) is 5.79 Å². The summed E-state index contributed by atoms with van der Waals surface area (Å²) in [6, 6.07) is 0. The lowest BCUT2D eigenvalue weighted by Gasteiger charge is -2.45. The Morgan fingerprint density at radius 2 is 1.71 bits per heavy atom. The second kappa shape index (κ2) is 4.86. The highest BCUT2D eigenvalue weighted by atomic mass is 31.2.